The topological polar surface area (TPSA) is 15.3 Å². The Hall–Kier alpha value is -0.640. The number of hydrogen-bond donors (Lipinski definition) is 1. The van der Waals surface area contributed by atoms with Crippen molar-refractivity contribution in [3.05, 3.63) is 34.6 Å². The molecule has 1 heterocycles. The Bertz CT molecular complexity index is 384. The van der Waals surface area contributed by atoms with Crippen LogP contribution in [0.5, 0.6) is 0 Å². The van der Waals surface area contributed by atoms with E-state index in [-0.39, 0.29) is 10.8 Å². The summed E-state index contributed by atoms with van der Waals surface area (Å²) in [6.07, 6.45) is 0.876. The second kappa shape index (κ2) is 5.80. The summed E-state index contributed by atoms with van der Waals surface area (Å²) in [5.74, 6) is -0.321. The van der Waals surface area contributed by atoms with E-state index in [4.69, 9.17) is 11.6 Å². The van der Waals surface area contributed by atoms with Crippen LogP contribution in [0.4, 0.5) is 4.39 Å². The van der Waals surface area contributed by atoms with Crippen LogP contribution in [0.3, 0.4) is 0 Å². The molecular weight excluding hydrogens is 239 g/mol. The first-order valence-electron chi connectivity index (χ1n) is 6.05. The first kappa shape index (κ1) is 12.8. The fourth-order valence-corrected chi connectivity index (χ4v) is 2.32. The minimum absolute atomic E-state index is 0.199. The van der Waals surface area contributed by atoms with Gasteiger partial charge in [0.25, 0.3) is 0 Å². The van der Waals surface area contributed by atoms with Crippen molar-refractivity contribution in [3.8, 4) is 0 Å². The second-order valence-corrected chi connectivity index (χ2v) is 5.06. The fourth-order valence-electron chi connectivity index (χ4n) is 2.20. The van der Waals surface area contributed by atoms with Crippen LogP contribution < -0.4 is 5.32 Å². The summed E-state index contributed by atoms with van der Waals surface area (Å²) in [7, 11) is 0. The van der Waals surface area contributed by atoms with Gasteiger partial charge in [-0.3, -0.25) is 0 Å². The van der Waals surface area contributed by atoms with Crippen molar-refractivity contribution in [1.29, 1.82) is 0 Å². The molecule has 0 unspecified atom stereocenters. The van der Waals surface area contributed by atoms with Gasteiger partial charge in [-0.05, 0) is 31.0 Å². The summed E-state index contributed by atoms with van der Waals surface area (Å²) in [5, 5.41) is 3.61. The minimum Gasteiger partial charge on any atom is -0.312 e. The zero-order chi connectivity index (χ0) is 12.3. The molecule has 0 spiro atoms. The normalized spacial score (nSPS) is 21.7. The molecule has 1 aromatic carbocycles. The Labute approximate surface area is 107 Å². The molecule has 0 bridgehead atoms. The zero-order valence-electron chi connectivity index (χ0n) is 10.0. The van der Waals surface area contributed by atoms with Gasteiger partial charge in [0.2, 0.25) is 0 Å². The fraction of sp³-hybridized carbons (Fsp3) is 0.538. The summed E-state index contributed by atoms with van der Waals surface area (Å²) in [6, 6.07) is 5.61. The third kappa shape index (κ3) is 3.66. The predicted octanol–water partition coefficient (Wildman–Crippen LogP) is 2.32. The van der Waals surface area contributed by atoms with E-state index in [0.29, 0.717) is 6.04 Å². The van der Waals surface area contributed by atoms with Gasteiger partial charge in [-0.1, -0.05) is 17.7 Å². The van der Waals surface area contributed by atoms with Crippen molar-refractivity contribution in [2.24, 2.45) is 0 Å². The Balaban J connectivity index is 1.86. The molecule has 1 atom stereocenters. The maximum atomic E-state index is 13.3. The SMILES string of the molecule is C[C@@H]1CN(CCc2ccc(Cl)c(F)c2)CCN1. The number of halogens is 2. The average Bonchev–Trinajstić information content (AvgIpc) is 2.31. The van der Waals surface area contributed by atoms with E-state index in [2.05, 4.69) is 17.1 Å². The molecule has 1 aromatic rings. The van der Waals surface area contributed by atoms with Crippen molar-refractivity contribution in [3.63, 3.8) is 0 Å². The van der Waals surface area contributed by atoms with Gasteiger partial charge in [0, 0.05) is 32.2 Å². The number of nitrogens with one attached hydrogen (secondary N) is 1. The van der Waals surface area contributed by atoms with E-state index in [1.165, 1.54) is 6.07 Å². The highest BCUT2D eigenvalue weighted by Crippen LogP contribution is 2.16. The highest BCUT2D eigenvalue weighted by molar-refractivity contribution is 6.30. The van der Waals surface area contributed by atoms with Crippen LogP contribution in [0, 0.1) is 5.82 Å². The van der Waals surface area contributed by atoms with E-state index >= 15 is 0 Å². The highest BCUT2D eigenvalue weighted by atomic mass is 35.5. The Morgan fingerprint density at radius 3 is 3.06 bits per heavy atom. The molecule has 0 radical (unpaired) electrons. The van der Waals surface area contributed by atoms with Crippen molar-refractivity contribution in [2.45, 2.75) is 19.4 Å². The maximum absolute atomic E-state index is 13.3. The van der Waals surface area contributed by atoms with Gasteiger partial charge in [0.1, 0.15) is 5.82 Å². The number of nitrogens with zero attached hydrogens (tertiary/aromatic N) is 1. The smallest absolute Gasteiger partial charge is 0.142 e. The third-order valence-corrected chi connectivity index (χ3v) is 3.46. The first-order chi connectivity index (χ1) is 8.15. The Morgan fingerprint density at radius 2 is 2.35 bits per heavy atom. The van der Waals surface area contributed by atoms with E-state index in [9.17, 15) is 4.39 Å². The van der Waals surface area contributed by atoms with E-state index in [0.717, 1.165) is 38.2 Å². The molecule has 0 aliphatic carbocycles. The Morgan fingerprint density at radius 1 is 1.53 bits per heavy atom. The van der Waals surface area contributed by atoms with Crippen LogP contribution in [-0.2, 0) is 6.42 Å². The van der Waals surface area contributed by atoms with Crippen LogP contribution in [-0.4, -0.2) is 37.1 Å². The lowest BCUT2D eigenvalue weighted by atomic mass is 10.1. The molecule has 0 saturated carbocycles. The molecule has 17 heavy (non-hydrogen) atoms. The molecule has 1 aliphatic heterocycles. The number of benzene rings is 1. The third-order valence-electron chi connectivity index (χ3n) is 3.15. The second-order valence-electron chi connectivity index (χ2n) is 4.65. The van der Waals surface area contributed by atoms with E-state index in [1.54, 1.807) is 6.07 Å². The Kier molecular flexibility index (Phi) is 4.37. The monoisotopic (exact) mass is 256 g/mol. The van der Waals surface area contributed by atoms with Crippen LogP contribution >= 0.6 is 11.6 Å². The van der Waals surface area contributed by atoms with Gasteiger partial charge < -0.3 is 10.2 Å². The number of rotatable bonds is 3. The molecular formula is C13H18ClFN2. The minimum atomic E-state index is -0.321. The van der Waals surface area contributed by atoms with E-state index in [1.807, 2.05) is 6.07 Å². The molecule has 0 amide bonds. The standard InChI is InChI=1S/C13H18ClFN2/c1-10-9-17(7-5-16-10)6-4-11-2-3-12(14)13(15)8-11/h2-3,8,10,16H,4-7,9H2,1H3/t10-/m1/s1. The van der Waals surface area contributed by atoms with Crippen molar-refractivity contribution in [2.75, 3.05) is 26.2 Å². The summed E-state index contributed by atoms with van der Waals surface area (Å²) in [4.78, 5) is 2.41. The largest absolute Gasteiger partial charge is 0.312 e. The molecule has 1 aliphatic rings. The maximum Gasteiger partial charge on any atom is 0.142 e. The summed E-state index contributed by atoms with van der Waals surface area (Å²) in [6.45, 7) is 6.34. The molecule has 2 nitrogen and oxygen atoms in total. The van der Waals surface area contributed by atoms with Gasteiger partial charge in [-0.2, -0.15) is 0 Å². The first-order valence-corrected chi connectivity index (χ1v) is 6.42. The molecule has 94 valence electrons. The predicted molar refractivity (Wildman–Crippen MR) is 69.0 cm³/mol. The lowest BCUT2D eigenvalue weighted by Crippen LogP contribution is -2.49. The van der Waals surface area contributed by atoms with Crippen LogP contribution in [0.1, 0.15) is 12.5 Å². The lowest BCUT2D eigenvalue weighted by molar-refractivity contribution is 0.209. The molecule has 2 rings (SSSR count). The van der Waals surface area contributed by atoms with Crippen LogP contribution in [0.2, 0.25) is 5.02 Å². The summed E-state index contributed by atoms with van der Waals surface area (Å²) < 4.78 is 13.3. The van der Waals surface area contributed by atoms with Gasteiger partial charge >= 0.3 is 0 Å². The van der Waals surface area contributed by atoms with Crippen LogP contribution in [0.25, 0.3) is 0 Å². The van der Waals surface area contributed by atoms with Gasteiger partial charge in [-0.25, -0.2) is 4.39 Å². The average molecular weight is 257 g/mol. The lowest BCUT2D eigenvalue weighted by Gasteiger charge is -2.31. The summed E-state index contributed by atoms with van der Waals surface area (Å²) in [5.41, 5.74) is 1.01. The zero-order valence-corrected chi connectivity index (χ0v) is 10.8. The van der Waals surface area contributed by atoms with Gasteiger partial charge in [0.15, 0.2) is 0 Å². The number of hydrogen-bond acceptors (Lipinski definition) is 2. The van der Waals surface area contributed by atoms with Gasteiger partial charge in [0.05, 0.1) is 5.02 Å². The molecule has 1 saturated heterocycles. The van der Waals surface area contributed by atoms with Crippen molar-refractivity contribution in [1.82, 2.24) is 10.2 Å². The molecule has 0 aromatic heterocycles. The van der Waals surface area contributed by atoms with Gasteiger partial charge in [-0.15, -0.1) is 0 Å². The molecule has 1 N–H and O–H groups in total. The van der Waals surface area contributed by atoms with Crippen molar-refractivity contribution < 1.29 is 4.39 Å². The summed E-state index contributed by atoms with van der Waals surface area (Å²) >= 11 is 5.65. The molecule has 4 heteroatoms. The van der Waals surface area contributed by atoms with Crippen LogP contribution in [0.15, 0.2) is 18.2 Å². The van der Waals surface area contributed by atoms with E-state index < -0.39 is 0 Å². The molecule has 1 fully saturated rings. The number of piperazine rings is 1. The quantitative estimate of drug-likeness (QED) is 0.893. The van der Waals surface area contributed by atoms with Crippen molar-refractivity contribution >= 4 is 11.6 Å². The highest BCUT2D eigenvalue weighted by Gasteiger charge is 2.14.